The monoisotopic (exact) mass is 391 g/mol. The van der Waals surface area contributed by atoms with Crippen LogP contribution < -0.4 is 20.1 Å². The Kier molecular flexibility index (Phi) is 4.98. The van der Waals surface area contributed by atoms with E-state index in [9.17, 15) is 19.9 Å². The van der Waals surface area contributed by atoms with E-state index >= 15 is 0 Å². The van der Waals surface area contributed by atoms with Gasteiger partial charge in [0.1, 0.15) is 12.3 Å². The van der Waals surface area contributed by atoms with Crippen molar-refractivity contribution < 1.29 is 29.3 Å². The molecule has 152 valence electrons. The van der Waals surface area contributed by atoms with Gasteiger partial charge < -0.3 is 24.9 Å². The minimum atomic E-state index is -1.66. The van der Waals surface area contributed by atoms with Crippen LogP contribution in [0.5, 0.6) is 5.75 Å². The molecule has 0 bridgehead atoms. The fourth-order valence-corrected chi connectivity index (χ4v) is 4.35. The molecule has 0 saturated carbocycles. The number of hydrogen-bond donors (Lipinski definition) is 2. The molecule has 3 fully saturated rings. The molecule has 10 heteroatoms. The van der Waals surface area contributed by atoms with Crippen molar-refractivity contribution in [3.8, 4) is 5.75 Å². The fourth-order valence-electron chi connectivity index (χ4n) is 4.35. The van der Waals surface area contributed by atoms with Gasteiger partial charge in [-0.3, -0.25) is 9.69 Å². The van der Waals surface area contributed by atoms with Crippen molar-refractivity contribution in [1.82, 2.24) is 15.1 Å². The van der Waals surface area contributed by atoms with Gasteiger partial charge in [-0.2, -0.15) is 0 Å². The number of carbonyl (C=O) groups is 2. The Labute approximate surface area is 163 Å². The summed E-state index contributed by atoms with van der Waals surface area (Å²) in [5, 5.41) is 26.0. The number of nitrogens with one attached hydrogen (secondary N) is 1. The Morgan fingerprint density at radius 3 is 2.68 bits per heavy atom. The number of fused-ring (bicyclic) bond motifs is 1. The van der Waals surface area contributed by atoms with Crippen LogP contribution in [0.25, 0.3) is 0 Å². The molecule has 3 heterocycles. The number of quaternary nitrogens is 1. The van der Waals surface area contributed by atoms with Crippen LogP contribution in [0.3, 0.4) is 0 Å². The van der Waals surface area contributed by atoms with Crippen molar-refractivity contribution in [2.24, 2.45) is 0 Å². The predicted octanol–water partition coefficient (Wildman–Crippen LogP) is -1.54. The molecule has 2 N–H and O–H groups in total. The first-order valence-corrected chi connectivity index (χ1v) is 9.40. The average molecular weight is 391 g/mol. The van der Waals surface area contributed by atoms with Gasteiger partial charge in [-0.05, 0) is 24.3 Å². The molecular formula is C18H25N5O5. The van der Waals surface area contributed by atoms with Crippen molar-refractivity contribution in [3.05, 3.63) is 24.3 Å². The smallest absolute Gasteiger partial charge is 0.305 e. The molecule has 1 aromatic rings. The number of hydrogen-bond acceptors (Lipinski definition) is 8. The standard InChI is InChI=1S/C18H25N5O5/c1-28-15-4-2-13(3-5-15)22-8-9-23(27,18(25)26)16(17(22)24)21-11-14-10-19-6-7-20(14)12-21/h2-5,14,16,19,27H,6-12H2,1H3/t14?,16?,23-/m0/s1. The van der Waals surface area contributed by atoms with Crippen LogP contribution in [0.15, 0.2) is 24.3 Å². The number of piperazine rings is 2. The van der Waals surface area contributed by atoms with Crippen molar-refractivity contribution in [3.63, 3.8) is 0 Å². The first kappa shape index (κ1) is 19.1. The number of benzene rings is 1. The number of ether oxygens (including phenoxy) is 1. The highest BCUT2D eigenvalue weighted by molar-refractivity contribution is 5.97. The van der Waals surface area contributed by atoms with Crippen molar-refractivity contribution in [2.45, 2.75) is 12.2 Å². The average Bonchev–Trinajstić information content (AvgIpc) is 3.11. The molecule has 3 aliphatic rings. The highest BCUT2D eigenvalue weighted by Crippen LogP contribution is 2.30. The molecular weight excluding hydrogens is 366 g/mol. The van der Waals surface area contributed by atoms with Gasteiger partial charge in [0.05, 0.1) is 20.3 Å². The number of carbonyl (C=O) groups excluding carboxylic acids is 2. The van der Waals surface area contributed by atoms with Gasteiger partial charge in [0.15, 0.2) is 0 Å². The van der Waals surface area contributed by atoms with Gasteiger partial charge >= 0.3 is 5.91 Å². The summed E-state index contributed by atoms with van der Waals surface area (Å²) in [6, 6.07) is 7.18. The molecule has 3 aliphatic heterocycles. The molecule has 28 heavy (non-hydrogen) atoms. The number of nitrogens with zero attached hydrogens (tertiary/aromatic N) is 4. The maximum atomic E-state index is 13.3. The topological polar surface area (TPSA) is 108 Å². The summed E-state index contributed by atoms with van der Waals surface area (Å²) in [5.74, 6) is 0.214. The fraction of sp³-hybridized carbons (Fsp3) is 0.556. The van der Waals surface area contributed by atoms with Crippen LogP contribution in [-0.2, 0) is 4.79 Å². The molecule has 2 unspecified atom stereocenters. The van der Waals surface area contributed by atoms with Crippen LogP contribution in [0.2, 0.25) is 0 Å². The number of carboxylic acid groups (broad SMARTS) is 1. The second-order valence-corrected chi connectivity index (χ2v) is 7.46. The quantitative estimate of drug-likeness (QED) is 0.472. The third-order valence-electron chi connectivity index (χ3n) is 5.88. The van der Waals surface area contributed by atoms with E-state index in [-0.39, 0.29) is 19.1 Å². The van der Waals surface area contributed by atoms with Gasteiger partial charge in [0.25, 0.3) is 12.3 Å². The second-order valence-electron chi connectivity index (χ2n) is 7.46. The zero-order chi connectivity index (χ0) is 19.9. The van der Waals surface area contributed by atoms with Gasteiger partial charge in [-0.15, -0.1) is 4.65 Å². The largest absolute Gasteiger partial charge is 0.497 e. The zero-order valence-electron chi connectivity index (χ0n) is 15.8. The van der Waals surface area contributed by atoms with E-state index in [0.717, 1.165) is 19.6 Å². The normalized spacial score (nSPS) is 31.6. The van der Waals surface area contributed by atoms with Crippen LogP contribution in [0, 0.1) is 0 Å². The summed E-state index contributed by atoms with van der Waals surface area (Å²) in [6.45, 7) is 3.32. The molecule has 10 nitrogen and oxygen atoms in total. The van der Waals surface area contributed by atoms with Gasteiger partial charge in [-0.25, -0.2) is 10.1 Å². The first-order chi connectivity index (χ1) is 13.4. The summed E-state index contributed by atoms with van der Waals surface area (Å²) in [5.41, 5.74) is 0.638. The third kappa shape index (κ3) is 3.12. The Morgan fingerprint density at radius 2 is 2.04 bits per heavy atom. The molecule has 0 aliphatic carbocycles. The lowest BCUT2D eigenvalue weighted by atomic mass is 10.1. The Hall–Kier alpha value is -2.24. The Morgan fingerprint density at radius 1 is 1.29 bits per heavy atom. The van der Waals surface area contributed by atoms with Gasteiger partial charge in [0, 0.05) is 37.9 Å². The SMILES string of the molecule is COc1ccc(N2CC[N@@+](O)(C(=O)[O-])C(N3CC4CNCCN4C3)C2=O)cc1. The lowest BCUT2D eigenvalue weighted by molar-refractivity contribution is -1.07. The lowest BCUT2D eigenvalue weighted by Crippen LogP contribution is -2.76. The molecule has 0 spiro atoms. The van der Waals surface area contributed by atoms with Crippen molar-refractivity contribution in [1.29, 1.82) is 0 Å². The summed E-state index contributed by atoms with van der Waals surface area (Å²) in [6.07, 6.45) is -2.90. The first-order valence-electron chi connectivity index (χ1n) is 9.40. The van der Waals surface area contributed by atoms with E-state index in [2.05, 4.69) is 10.2 Å². The second kappa shape index (κ2) is 7.30. The summed E-state index contributed by atoms with van der Waals surface area (Å²) in [4.78, 5) is 30.6. The zero-order valence-corrected chi connectivity index (χ0v) is 15.8. The minimum Gasteiger partial charge on any atom is -0.497 e. The van der Waals surface area contributed by atoms with Crippen molar-refractivity contribution >= 4 is 17.7 Å². The molecule has 4 rings (SSSR count). The third-order valence-corrected chi connectivity index (χ3v) is 5.88. The van der Waals surface area contributed by atoms with Crippen LogP contribution in [0.1, 0.15) is 0 Å². The number of methoxy groups -OCH3 is 1. The summed E-state index contributed by atoms with van der Waals surface area (Å²) < 4.78 is 3.74. The van der Waals surface area contributed by atoms with E-state index in [1.165, 1.54) is 4.90 Å². The lowest BCUT2D eigenvalue weighted by Gasteiger charge is -2.45. The summed E-state index contributed by atoms with van der Waals surface area (Å²) >= 11 is 0. The molecule has 3 saturated heterocycles. The van der Waals surface area contributed by atoms with Gasteiger partial charge in [0.2, 0.25) is 0 Å². The number of hydroxylamine groups is 3. The number of rotatable bonds is 3. The molecule has 1 aromatic carbocycles. The van der Waals surface area contributed by atoms with Crippen LogP contribution >= 0.6 is 0 Å². The summed E-state index contributed by atoms with van der Waals surface area (Å²) in [7, 11) is 1.56. The van der Waals surface area contributed by atoms with E-state index < -0.39 is 22.8 Å². The van der Waals surface area contributed by atoms with Crippen LogP contribution in [0.4, 0.5) is 10.5 Å². The maximum Gasteiger partial charge on any atom is 0.305 e. The maximum absolute atomic E-state index is 13.3. The molecule has 3 atom stereocenters. The number of anilines is 1. The van der Waals surface area contributed by atoms with Crippen LogP contribution in [-0.4, -0.2) is 96.9 Å². The van der Waals surface area contributed by atoms with E-state index in [0.29, 0.717) is 24.7 Å². The molecule has 2 amide bonds. The minimum absolute atomic E-state index is 0.0781. The Balaban J connectivity index is 1.63. The molecule has 0 aromatic heterocycles. The van der Waals surface area contributed by atoms with E-state index in [4.69, 9.17) is 4.74 Å². The van der Waals surface area contributed by atoms with E-state index in [1.807, 2.05) is 0 Å². The highest BCUT2D eigenvalue weighted by atomic mass is 16.6. The van der Waals surface area contributed by atoms with Crippen molar-refractivity contribution in [2.75, 3.05) is 57.9 Å². The Bertz CT molecular complexity index is 745. The predicted molar refractivity (Wildman–Crippen MR) is 96.4 cm³/mol. The van der Waals surface area contributed by atoms with E-state index in [1.54, 1.807) is 36.3 Å². The highest BCUT2D eigenvalue weighted by Gasteiger charge is 2.56. The number of amides is 2. The molecule has 0 radical (unpaired) electrons. The van der Waals surface area contributed by atoms with Gasteiger partial charge in [-0.1, -0.05) is 0 Å².